The van der Waals surface area contributed by atoms with Crippen LogP contribution in [0.4, 0.5) is 0 Å². The van der Waals surface area contributed by atoms with E-state index >= 15 is 0 Å². The standard InChI is InChI=1S/C19H20ClIN2O2/c20-16-7-3-1-5-14(16)18(23-9-11-25-12-10-23)13-22-19(24)15-6-2-4-8-17(15)21/h1-8,18H,9-13H2,(H,22,24). The Balaban J connectivity index is 1.77. The van der Waals surface area contributed by atoms with Gasteiger partial charge in [-0.15, -0.1) is 0 Å². The van der Waals surface area contributed by atoms with Crippen LogP contribution in [0.1, 0.15) is 22.0 Å². The smallest absolute Gasteiger partial charge is 0.252 e. The first-order valence-corrected chi connectivity index (χ1v) is 9.71. The van der Waals surface area contributed by atoms with Crippen molar-refractivity contribution in [3.63, 3.8) is 0 Å². The van der Waals surface area contributed by atoms with E-state index in [2.05, 4.69) is 32.8 Å². The molecule has 25 heavy (non-hydrogen) atoms. The Bertz CT molecular complexity index is 735. The van der Waals surface area contributed by atoms with Crippen LogP contribution >= 0.6 is 34.2 Å². The van der Waals surface area contributed by atoms with Crippen molar-refractivity contribution < 1.29 is 9.53 Å². The number of benzene rings is 2. The molecular weight excluding hydrogens is 451 g/mol. The second-order valence-electron chi connectivity index (χ2n) is 5.88. The highest BCUT2D eigenvalue weighted by atomic mass is 127. The first-order valence-electron chi connectivity index (χ1n) is 8.26. The largest absolute Gasteiger partial charge is 0.379 e. The molecule has 0 aromatic heterocycles. The molecule has 6 heteroatoms. The maximum Gasteiger partial charge on any atom is 0.252 e. The Morgan fingerprint density at radius 1 is 1.16 bits per heavy atom. The number of nitrogens with zero attached hydrogens (tertiary/aromatic N) is 1. The SMILES string of the molecule is O=C(NCC(c1ccccc1Cl)N1CCOCC1)c1ccccc1I. The lowest BCUT2D eigenvalue weighted by Crippen LogP contribution is -2.44. The van der Waals surface area contributed by atoms with Gasteiger partial charge in [0.2, 0.25) is 0 Å². The van der Waals surface area contributed by atoms with Gasteiger partial charge in [-0.3, -0.25) is 9.69 Å². The van der Waals surface area contributed by atoms with Crippen molar-refractivity contribution in [2.75, 3.05) is 32.8 Å². The Morgan fingerprint density at radius 2 is 1.84 bits per heavy atom. The lowest BCUT2D eigenvalue weighted by Gasteiger charge is -2.35. The molecule has 0 aliphatic carbocycles. The normalized spacial score (nSPS) is 16.4. The monoisotopic (exact) mass is 470 g/mol. The molecule has 2 aromatic rings. The third kappa shape index (κ3) is 4.73. The van der Waals surface area contributed by atoms with Crippen LogP contribution in [0.25, 0.3) is 0 Å². The molecule has 132 valence electrons. The number of nitrogens with one attached hydrogen (secondary N) is 1. The van der Waals surface area contributed by atoms with Crippen LogP contribution in [0, 0.1) is 3.57 Å². The molecule has 1 unspecified atom stereocenters. The van der Waals surface area contributed by atoms with Gasteiger partial charge in [0, 0.05) is 28.2 Å². The van der Waals surface area contributed by atoms with Gasteiger partial charge in [-0.25, -0.2) is 0 Å². The first kappa shape index (κ1) is 18.6. The van der Waals surface area contributed by atoms with Crippen molar-refractivity contribution in [1.82, 2.24) is 10.2 Å². The van der Waals surface area contributed by atoms with E-state index in [1.165, 1.54) is 0 Å². The lowest BCUT2D eigenvalue weighted by atomic mass is 10.0. The number of hydrogen-bond acceptors (Lipinski definition) is 3. The van der Waals surface area contributed by atoms with E-state index < -0.39 is 0 Å². The van der Waals surface area contributed by atoms with Crippen LogP contribution in [0.3, 0.4) is 0 Å². The predicted molar refractivity (Wildman–Crippen MR) is 108 cm³/mol. The number of ether oxygens (including phenoxy) is 1. The Labute approximate surface area is 166 Å². The molecule has 1 amide bonds. The van der Waals surface area contributed by atoms with Crippen LogP contribution in [-0.4, -0.2) is 43.7 Å². The minimum Gasteiger partial charge on any atom is -0.379 e. The van der Waals surface area contributed by atoms with Crippen LogP contribution in [-0.2, 0) is 4.74 Å². The number of hydrogen-bond donors (Lipinski definition) is 1. The Hall–Kier alpha value is -1.15. The molecule has 0 saturated carbocycles. The predicted octanol–water partition coefficient (Wildman–Crippen LogP) is 3.75. The molecular formula is C19H20ClIN2O2. The van der Waals surface area contributed by atoms with Crippen molar-refractivity contribution >= 4 is 40.1 Å². The van der Waals surface area contributed by atoms with E-state index in [-0.39, 0.29) is 11.9 Å². The van der Waals surface area contributed by atoms with Crippen LogP contribution in [0.15, 0.2) is 48.5 Å². The lowest BCUT2D eigenvalue weighted by molar-refractivity contribution is 0.0162. The number of halogens is 2. The van der Waals surface area contributed by atoms with Gasteiger partial charge in [0.1, 0.15) is 0 Å². The molecule has 1 fully saturated rings. The molecule has 0 radical (unpaired) electrons. The summed E-state index contributed by atoms with van der Waals surface area (Å²) in [5.74, 6) is -0.0599. The van der Waals surface area contributed by atoms with E-state index in [1.54, 1.807) is 0 Å². The highest BCUT2D eigenvalue weighted by Crippen LogP contribution is 2.28. The van der Waals surface area contributed by atoms with Crippen molar-refractivity contribution in [2.24, 2.45) is 0 Å². The fourth-order valence-corrected chi connectivity index (χ4v) is 3.89. The number of carbonyl (C=O) groups excluding carboxylic acids is 1. The summed E-state index contributed by atoms with van der Waals surface area (Å²) in [4.78, 5) is 14.9. The molecule has 1 saturated heterocycles. The summed E-state index contributed by atoms with van der Waals surface area (Å²) in [7, 11) is 0. The molecule has 4 nitrogen and oxygen atoms in total. The van der Waals surface area contributed by atoms with Gasteiger partial charge < -0.3 is 10.1 Å². The van der Waals surface area contributed by atoms with Crippen molar-refractivity contribution in [3.8, 4) is 0 Å². The van der Waals surface area contributed by atoms with Gasteiger partial charge in [0.15, 0.2) is 0 Å². The summed E-state index contributed by atoms with van der Waals surface area (Å²) in [5, 5.41) is 3.80. The van der Waals surface area contributed by atoms with Crippen LogP contribution in [0.2, 0.25) is 5.02 Å². The third-order valence-electron chi connectivity index (χ3n) is 4.33. The molecule has 1 aliphatic heterocycles. The van der Waals surface area contributed by atoms with Gasteiger partial charge in [0.05, 0.1) is 24.8 Å². The minimum absolute atomic E-state index is 0.0305. The highest BCUT2D eigenvalue weighted by Gasteiger charge is 2.25. The van der Waals surface area contributed by atoms with Gasteiger partial charge >= 0.3 is 0 Å². The third-order valence-corrected chi connectivity index (χ3v) is 5.61. The van der Waals surface area contributed by atoms with Crippen molar-refractivity contribution in [3.05, 3.63) is 68.3 Å². The summed E-state index contributed by atoms with van der Waals surface area (Å²) in [6, 6.07) is 15.4. The average Bonchev–Trinajstić information content (AvgIpc) is 2.64. The molecule has 2 aromatic carbocycles. The fraction of sp³-hybridized carbons (Fsp3) is 0.316. The summed E-state index contributed by atoms with van der Waals surface area (Å²) in [6.07, 6.45) is 0. The fourth-order valence-electron chi connectivity index (χ4n) is 3.00. The summed E-state index contributed by atoms with van der Waals surface area (Å²) < 4.78 is 6.41. The zero-order valence-corrected chi connectivity index (χ0v) is 16.7. The zero-order chi connectivity index (χ0) is 17.6. The van der Waals surface area contributed by atoms with E-state index in [0.717, 1.165) is 27.2 Å². The number of rotatable bonds is 5. The highest BCUT2D eigenvalue weighted by molar-refractivity contribution is 14.1. The van der Waals surface area contributed by atoms with Gasteiger partial charge in [-0.1, -0.05) is 41.9 Å². The number of carbonyl (C=O) groups is 1. The molecule has 1 heterocycles. The second kappa shape index (κ2) is 8.98. The maximum absolute atomic E-state index is 12.6. The van der Waals surface area contributed by atoms with Crippen molar-refractivity contribution in [1.29, 1.82) is 0 Å². The molecule has 1 aliphatic rings. The molecule has 1 N–H and O–H groups in total. The molecule has 1 atom stereocenters. The van der Waals surface area contributed by atoms with E-state index in [9.17, 15) is 4.79 Å². The molecule has 0 spiro atoms. The topological polar surface area (TPSA) is 41.6 Å². The Kier molecular flexibility index (Phi) is 6.70. The minimum atomic E-state index is -0.0599. The summed E-state index contributed by atoms with van der Waals surface area (Å²) >= 11 is 8.61. The average molecular weight is 471 g/mol. The maximum atomic E-state index is 12.6. The summed E-state index contributed by atoms with van der Waals surface area (Å²) in [5.41, 5.74) is 1.73. The summed E-state index contributed by atoms with van der Waals surface area (Å²) in [6.45, 7) is 3.56. The van der Waals surface area contributed by atoms with E-state index in [4.69, 9.17) is 16.3 Å². The van der Waals surface area contributed by atoms with Crippen LogP contribution in [0.5, 0.6) is 0 Å². The zero-order valence-electron chi connectivity index (χ0n) is 13.8. The van der Waals surface area contributed by atoms with Gasteiger partial charge in [-0.05, 0) is 46.4 Å². The van der Waals surface area contributed by atoms with Crippen molar-refractivity contribution in [2.45, 2.75) is 6.04 Å². The first-order chi connectivity index (χ1) is 12.2. The van der Waals surface area contributed by atoms with Gasteiger partial charge in [0.25, 0.3) is 5.91 Å². The van der Waals surface area contributed by atoms with E-state index in [0.29, 0.717) is 25.3 Å². The number of morpholine rings is 1. The number of amides is 1. The van der Waals surface area contributed by atoms with Crippen LogP contribution < -0.4 is 5.32 Å². The quantitative estimate of drug-likeness (QED) is 0.677. The van der Waals surface area contributed by atoms with E-state index in [1.807, 2.05) is 48.5 Å². The second-order valence-corrected chi connectivity index (χ2v) is 7.44. The molecule has 0 bridgehead atoms. The Morgan fingerprint density at radius 3 is 2.56 bits per heavy atom. The van der Waals surface area contributed by atoms with Gasteiger partial charge in [-0.2, -0.15) is 0 Å². The molecule has 3 rings (SSSR count).